The summed E-state index contributed by atoms with van der Waals surface area (Å²) in [5, 5.41) is 9.89. The lowest BCUT2D eigenvalue weighted by atomic mass is 10.1. The topological polar surface area (TPSA) is 68.5 Å². The molecular weight excluding hydrogens is 222 g/mol. The Morgan fingerprint density at radius 3 is 3.00 bits per heavy atom. The molecule has 1 atom stereocenters. The van der Waals surface area contributed by atoms with Crippen LogP contribution < -0.4 is 5.56 Å². The van der Waals surface area contributed by atoms with Crippen molar-refractivity contribution in [1.29, 1.82) is 0 Å². The highest BCUT2D eigenvalue weighted by atomic mass is 16.5. The molecule has 1 saturated heterocycles. The van der Waals surface area contributed by atoms with E-state index >= 15 is 0 Å². The van der Waals surface area contributed by atoms with E-state index in [0.29, 0.717) is 25.0 Å². The number of carbonyl (C=O) groups excluding carboxylic acids is 1. The van der Waals surface area contributed by atoms with Crippen molar-refractivity contribution in [3.05, 3.63) is 27.5 Å². The number of nitrogens with zero attached hydrogens (tertiary/aromatic N) is 1. The summed E-state index contributed by atoms with van der Waals surface area (Å²) < 4.78 is 6.61. The molecule has 1 aromatic heterocycles. The monoisotopic (exact) mass is 237 g/mol. The van der Waals surface area contributed by atoms with E-state index in [-0.39, 0.29) is 23.1 Å². The molecule has 17 heavy (non-hydrogen) atoms. The van der Waals surface area contributed by atoms with Gasteiger partial charge < -0.3 is 9.84 Å². The van der Waals surface area contributed by atoms with Crippen molar-refractivity contribution in [1.82, 2.24) is 4.57 Å². The second kappa shape index (κ2) is 4.71. The molecular formula is C12H15NO4. The number of aryl methyl sites for hydroxylation is 1. The number of aldehydes is 1. The zero-order valence-corrected chi connectivity index (χ0v) is 9.68. The first-order chi connectivity index (χ1) is 8.13. The molecule has 0 spiro atoms. The quantitative estimate of drug-likeness (QED) is 0.791. The van der Waals surface area contributed by atoms with Crippen molar-refractivity contribution < 1.29 is 14.6 Å². The minimum atomic E-state index is -0.305. The Kier molecular flexibility index (Phi) is 3.28. The van der Waals surface area contributed by atoms with E-state index in [9.17, 15) is 14.7 Å². The van der Waals surface area contributed by atoms with Crippen LogP contribution >= 0.6 is 0 Å². The van der Waals surface area contributed by atoms with Crippen LogP contribution in [0.4, 0.5) is 0 Å². The Morgan fingerprint density at radius 1 is 1.65 bits per heavy atom. The number of ether oxygens (including phenoxy) is 1. The fraction of sp³-hybridized carbons (Fsp3) is 0.500. The third-order valence-corrected chi connectivity index (χ3v) is 3.06. The van der Waals surface area contributed by atoms with Crippen LogP contribution in [0.2, 0.25) is 0 Å². The van der Waals surface area contributed by atoms with Crippen LogP contribution in [-0.2, 0) is 11.3 Å². The Hall–Kier alpha value is -1.62. The lowest BCUT2D eigenvalue weighted by Gasteiger charge is -2.15. The molecule has 0 saturated carbocycles. The van der Waals surface area contributed by atoms with Gasteiger partial charge in [-0.05, 0) is 25.3 Å². The van der Waals surface area contributed by atoms with Crippen molar-refractivity contribution in [3.8, 4) is 5.88 Å². The minimum absolute atomic E-state index is 0.0548. The molecule has 1 aliphatic heterocycles. The molecule has 0 radical (unpaired) electrons. The second-order valence-electron chi connectivity index (χ2n) is 4.27. The highest BCUT2D eigenvalue weighted by Crippen LogP contribution is 2.20. The minimum Gasteiger partial charge on any atom is -0.494 e. The normalized spacial score (nSPS) is 19.5. The maximum Gasteiger partial charge on any atom is 0.253 e. The van der Waals surface area contributed by atoms with Gasteiger partial charge in [-0.2, -0.15) is 0 Å². The Balaban J connectivity index is 2.38. The number of hydrogen-bond donors (Lipinski definition) is 1. The van der Waals surface area contributed by atoms with Crippen LogP contribution in [0.25, 0.3) is 0 Å². The van der Waals surface area contributed by atoms with Gasteiger partial charge in [0.25, 0.3) is 5.56 Å². The van der Waals surface area contributed by atoms with E-state index in [1.54, 1.807) is 6.92 Å². The number of rotatable bonds is 3. The zero-order valence-electron chi connectivity index (χ0n) is 9.68. The Morgan fingerprint density at radius 2 is 2.41 bits per heavy atom. The average molecular weight is 237 g/mol. The highest BCUT2D eigenvalue weighted by molar-refractivity contribution is 5.80. The van der Waals surface area contributed by atoms with E-state index in [1.807, 2.05) is 0 Å². The molecule has 0 amide bonds. The van der Waals surface area contributed by atoms with E-state index < -0.39 is 0 Å². The van der Waals surface area contributed by atoms with Crippen LogP contribution in [0.15, 0.2) is 10.9 Å². The number of carbonyl (C=O) groups is 1. The van der Waals surface area contributed by atoms with Gasteiger partial charge in [0.15, 0.2) is 6.29 Å². The smallest absolute Gasteiger partial charge is 0.253 e. The third-order valence-electron chi connectivity index (χ3n) is 3.06. The van der Waals surface area contributed by atoms with E-state index in [4.69, 9.17) is 4.74 Å². The SMILES string of the molecule is Cc1cc(=O)n(CC2CCCO2)c(O)c1C=O. The largest absolute Gasteiger partial charge is 0.494 e. The first kappa shape index (κ1) is 11.9. The molecule has 0 aliphatic carbocycles. The molecule has 1 unspecified atom stereocenters. The first-order valence-electron chi connectivity index (χ1n) is 5.63. The summed E-state index contributed by atoms with van der Waals surface area (Å²) in [6, 6.07) is 1.36. The summed E-state index contributed by atoms with van der Waals surface area (Å²) >= 11 is 0. The molecule has 1 N–H and O–H groups in total. The number of hydrogen-bond acceptors (Lipinski definition) is 4. The van der Waals surface area contributed by atoms with Gasteiger partial charge in [-0.3, -0.25) is 14.2 Å². The average Bonchev–Trinajstić information content (AvgIpc) is 2.77. The van der Waals surface area contributed by atoms with E-state index in [2.05, 4.69) is 0 Å². The molecule has 0 aromatic carbocycles. The summed E-state index contributed by atoms with van der Waals surface area (Å²) in [7, 11) is 0. The molecule has 0 bridgehead atoms. The Labute approximate surface area is 98.6 Å². The number of aromatic hydroxyl groups is 1. The van der Waals surface area contributed by atoms with Crippen LogP contribution in [0, 0.1) is 6.92 Å². The third kappa shape index (κ3) is 2.24. The molecule has 5 heteroatoms. The molecule has 1 aliphatic rings. The van der Waals surface area contributed by atoms with Gasteiger partial charge in [-0.1, -0.05) is 0 Å². The summed E-state index contributed by atoms with van der Waals surface area (Å²) in [4.78, 5) is 22.6. The van der Waals surface area contributed by atoms with Crippen molar-refractivity contribution >= 4 is 6.29 Å². The fourth-order valence-electron chi connectivity index (χ4n) is 2.08. The van der Waals surface area contributed by atoms with Crippen molar-refractivity contribution in [2.75, 3.05) is 6.61 Å². The number of pyridine rings is 1. The van der Waals surface area contributed by atoms with Crippen LogP contribution in [-0.4, -0.2) is 28.7 Å². The van der Waals surface area contributed by atoms with Crippen molar-refractivity contribution in [3.63, 3.8) is 0 Å². The lowest BCUT2D eigenvalue weighted by molar-refractivity contribution is 0.0934. The maximum absolute atomic E-state index is 11.7. The Bertz CT molecular complexity index is 486. The van der Waals surface area contributed by atoms with E-state index in [0.717, 1.165) is 12.8 Å². The summed E-state index contributed by atoms with van der Waals surface area (Å²) in [5.41, 5.74) is 0.356. The van der Waals surface area contributed by atoms with Gasteiger partial charge >= 0.3 is 0 Å². The van der Waals surface area contributed by atoms with Crippen molar-refractivity contribution in [2.24, 2.45) is 0 Å². The standard InChI is InChI=1S/C12H15NO4/c1-8-5-11(15)13(12(16)10(8)7-14)6-9-3-2-4-17-9/h5,7,9,16H,2-4,6H2,1H3. The predicted molar refractivity (Wildman–Crippen MR) is 61.5 cm³/mol. The molecule has 5 nitrogen and oxygen atoms in total. The maximum atomic E-state index is 11.7. The van der Waals surface area contributed by atoms with Crippen molar-refractivity contribution in [2.45, 2.75) is 32.4 Å². The fourth-order valence-corrected chi connectivity index (χ4v) is 2.08. The summed E-state index contributed by atoms with van der Waals surface area (Å²) in [5.74, 6) is -0.263. The molecule has 1 fully saturated rings. The number of aromatic nitrogens is 1. The van der Waals surface area contributed by atoms with E-state index in [1.165, 1.54) is 10.6 Å². The van der Waals surface area contributed by atoms with Crippen LogP contribution in [0.5, 0.6) is 5.88 Å². The van der Waals surface area contributed by atoms with Gasteiger partial charge in [0.05, 0.1) is 18.2 Å². The second-order valence-corrected chi connectivity index (χ2v) is 4.27. The van der Waals surface area contributed by atoms with Crippen LogP contribution in [0.3, 0.4) is 0 Å². The molecule has 2 heterocycles. The summed E-state index contributed by atoms with van der Waals surface area (Å²) in [6.45, 7) is 2.61. The molecule has 1 aromatic rings. The van der Waals surface area contributed by atoms with Gasteiger partial charge in [0, 0.05) is 12.7 Å². The molecule has 92 valence electrons. The van der Waals surface area contributed by atoms with Gasteiger partial charge in [-0.15, -0.1) is 0 Å². The zero-order chi connectivity index (χ0) is 12.4. The van der Waals surface area contributed by atoms with Gasteiger partial charge in [0.2, 0.25) is 5.88 Å². The lowest BCUT2D eigenvalue weighted by Crippen LogP contribution is -2.27. The first-order valence-corrected chi connectivity index (χ1v) is 5.63. The highest BCUT2D eigenvalue weighted by Gasteiger charge is 2.20. The van der Waals surface area contributed by atoms with Crippen LogP contribution in [0.1, 0.15) is 28.8 Å². The summed E-state index contributed by atoms with van der Waals surface area (Å²) in [6.07, 6.45) is 2.35. The van der Waals surface area contributed by atoms with Gasteiger partial charge in [-0.25, -0.2) is 0 Å². The van der Waals surface area contributed by atoms with Gasteiger partial charge in [0.1, 0.15) is 0 Å². The molecule has 2 rings (SSSR count). The predicted octanol–water partition coefficient (Wildman–Crippen LogP) is 0.854.